The van der Waals surface area contributed by atoms with Gasteiger partial charge in [-0.1, -0.05) is 12.1 Å². The first-order valence-corrected chi connectivity index (χ1v) is 11.3. The molecule has 0 saturated carbocycles. The van der Waals surface area contributed by atoms with E-state index in [4.69, 9.17) is 0 Å². The molecule has 2 amide bonds. The van der Waals surface area contributed by atoms with Crippen molar-refractivity contribution in [3.05, 3.63) is 48.0 Å². The van der Waals surface area contributed by atoms with Crippen molar-refractivity contribution in [1.29, 1.82) is 0 Å². The van der Waals surface area contributed by atoms with Gasteiger partial charge >= 0.3 is 0 Å². The molecule has 2 aromatic carbocycles. The van der Waals surface area contributed by atoms with Crippen molar-refractivity contribution in [3.63, 3.8) is 0 Å². The van der Waals surface area contributed by atoms with Crippen LogP contribution in [0.5, 0.6) is 0 Å². The number of hydrogen-bond acceptors (Lipinski definition) is 5. The fourth-order valence-corrected chi connectivity index (χ4v) is 5.45. The van der Waals surface area contributed by atoms with Crippen molar-refractivity contribution >= 4 is 38.9 Å². The predicted molar refractivity (Wildman–Crippen MR) is 115 cm³/mol. The Labute approximate surface area is 175 Å². The summed E-state index contributed by atoms with van der Waals surface area (Å²) < 4.78 is 28.0. The van der Waals surface area contributed by atoms with Gasteiger partial charge in [0.1, 0.15) is 6.42 Å². The smallest absolute Gasteiger partial charge is 0.243 e. The standard InChI is InChI=1S/C21H24N4O4S/c1-14-4-3-5-16(10-14)25-9-8-24(13-15(25)2)30(28,29)17-6-7-18-19(11-17)23-21(27)12-20(26)22-18/h3-7,10-11,15H,8-9,12-13H2,1-2H3,(H,22,26)(H,23,27). The van der Waals surface area contributed by atoms with Gasteiger partial charge in [0.15, 0.2) is 0 Å². The van der Waals surface area contributed by atoms with Crippen molar-refractivity contribution in [1.82, 2.24) is 4.31 Å². The topological polar surface area (TPSA) is 98.8 Å². The van der Waals surface area contributed by atoms with Gasteiger partial charge in [0.2, 0.25) is 21.8 Å². The maximum Gasteiger partial charge on any atom is 0.243 e. The van der Waals surface area contributed by atoms with Crippen LogP contribution >= 0.6 is 0 Å². The lowest BCUT2D eigenvalue weighted by molar-refractivity contribution is -0.123. The van der Waals surface area contributed by atoms with Crippen LogP contribution in [0.25, 0.3) is 0 Å². The molecule has 2 aromatic rings. The minimum Gasteiger partial charge on any atom is -0.366 e. The molecule has 2 aliphatic heterocycles. The first-order valence-electron chi connectivity index (χ1n) is 9.81. The molecule has 1 atom stereocenters. The maximum absolute atomic E-state index is 13.3. The molecule has 8 nitrogen and oxygen atoms in total. The number of fused-ring (bicyclic) bond motifs is 1. The van der Waals surface area contributed by atoms with Gasteiger partial charge < -0.3 is 15.5 Å². The molecular formula is C21H24N4O4S. The summed E-state index contributed by atoms with van der Waals surface area (Å²) >= 11 is 0. The molecule has 2 heterocycles. The molecule has 2 aliphatic rings. The lowest BCUT2D eigenvalue weighted by Crippen LogP contribution is -2.53. The van der Waals surface area contributed by atoms with Crippen molar-refractivity contribution in [2.24, 2.45) is 0 Å². The summed E-state index contributed by atoms with van der Waals surface area (Å²) in [6.07, 6.45) is -0.296. The van der Waals surface area contributed by atoms with E-state index < -0.39 is 21.8 Å². The second kappa shape index (κ2) is 7.73. The predicted octanol–water partition coefficient (Wildman–Crippen LogP) is 2.18. The molecular weight excluding hydrogens is 404 g/mol. The summed E-state index contributed by atoms with van der Waals surface area (Å²) in [7, 11) is -3.74. The monoisotopic (exact) mass is 428 g/mol. The quantitative estimate of drug-likeness (QED) is 0.730. The molecule has 0 bridgehead atoms. The lowest BCUT2D eigenvalue weighted by atomic mass is 10.1. The number of amides is 2. The zero-order valence-electron chi connectivity index (χ0n) is 16.9. The third kappa shape index (κ3) is 3.90. The van der Waals surface area contributed by atoms with Gasteiger partial charge in [-0.2, -0.15) is 4.31 Å². The molecule has 1 unspecified atom stereocenters. The van der Waals surface area contributed by atoms with Crippen molar-refractivity contribution in [2.75, 3.05) is 35.2 Å². The zero-order chi connectivity index (χ0) is 21.5. The van der Waals surface area contributed by atoms with Gasteiger partial charge in [0.25, 0.3) is 0 Å². The highest BCUT2D eigenvalue weighted by Gasteiger charge is 2.33. The molecule has 0 radical (unpaired) electrons. The Morgan fingerprint density at radius 2 is 1.70 bits per heavy atom. The van der Waals surface area contributed by atoms with Gasteiger partial charge in [0.05, 0.1) is 16.3 Å². The average molecular weight is 429 g/mol. The van der Waals surface area contributed by atoms with E-state index in [0.717, 1.165) is 11.3 Å². The van der Waals surface area contributed by atoms with Gasteiger partial charge in [-0.25, -0.2) is 8.42 Å². The summed E-state index contributed by atoms with van der Waals surface area (Å²) in [5, 5.41) is 5.21. The molecule has 0 aliphatic carbocycles. The van der Waals surface area contributed by atoms with E-state index in [-0.39, 0.29) is 17.4 Å². The van der Waals surface area contributed by atoms with Crippen molar-refractivity contribution < 1.29 is 18.0 Å². The number of piperazine rings is 1. The highest BCUT2D eigenvalue weighted by molar-refractivity contribution is 7.89. The zero-order valence-corrected chi connectivity index (χ0v) is 17.7. The van der Waals surface area contributed by atoms with E-state index in [9.17, 15) is 18.0 Å². The Bertz CT molecular complexity index is 1120. The first-order chi connectivity index (χ1) is 14.2. The van der Waals surface area contributed by atoms with Gasteiger partial charge in [0, 0.05) is 31.4 Å². The highest BCUT2D eigenvalue weighted by atomic mass is 32.2. The molecule has 2 N–H and O–H groups in total. The number of rotatable bonds is 3. The van der Waals surface area contributed by atoms with Gasteiger partial charge in [-0.3, -0.25) is 9.59 Å². The van der Waals surface area contributed by atoms with Crippen molar-refractivity contribution in [2.45, 2.75) is 31.2 Å². The normalized spacial score (nSPS) is 20.2. The molecule has 9 heteroatoms. The minimum atomic E-state index is -3.74. The third-order valence-corrected chi connectivity index (χ3v) is 7.28. The van der Waals surface area contributed by atoms with E-state index >= 15 is 0 Å². The second-order valence-corrected chi connectivity index (χ2v) is 9.66. The molecule has 4 rings (SSSR count). The molecule has 0 spiro atoms. The molecule has 1 saturated heterocycles. The van der Waals surface area contributed by atoms with E-state index in [1.54, 1.807) is 0 Å². The fourth-order valence-electron chi connectivity index (χ4n) is 3.91. The van der Waals surface area contributed by atoms with E-state index in [1.807, 2.05) is 32.0 Å². The number of carbonyl (C=O) groups is 2. The van der Waals surface area contributed by atoms with Crippen LogP contribution < -0.4 is 15.5 Å². The Morgan fingerprint density at radius 3 is 2.40 bits per heavy atom. The number of aryl methyl sites for hydroxylation is 1. The van der Waals surface area contributed by atoms with Crippen LogP contribution in [0.15, 0.2) is 47.4 Å². The van der Waals surface area contributed by atoms with Crippen LogP contribution in [0.3, 0.4) is 0 Å². The number of sulfonamides is 1. The average Bonchev–Trinajstić information content (AvgIpc) is 2.83. The van der Waals surface area contributed by atoms with Crippen LogP contribution in [0, 0.1) is 6.92 Å². The third-order valence-electron chi connectivity index (χ3n) is 5.42. The Hall–Kier alpha value is -2.91. The van der Waals surface area contributed by atoms with Crippen LogP contribution in [-0.4, -0.2) is 50.2 Å². The van der Waals surface area contributed by atoms with Crippen LogP contribution in [0.2, 0.25) is 0 Å². The van der Waals surface area contributed by atoms with E-state index in [2.05, 4.69) is 21.6 Å². The summed E-state index contributed by atoms with van der Waals surface area (Å²) in [6, 6.07) is 12.6. The maximum atomic E-state index is 13.3. The lowest BCUT2D eigenvalue weighted by Gasteiger charge is -2.40. The van der Waals surface area contributed by atoms with Crippen LogP contribution in [-0.2, 0) is 19.6 Å². The number of nitrogens with zero attached hydrogens (tertiary/aromatic N) is 2. The van der Waals surface area contributed by atoms with Gasteiger partial charge in [-0.05, 0) is 49.7 Å². The minimum absolute atomic E-state index is 0.00939. The van der Waals surface area contributed by atoms with Crippen molar-refractivity contribution in [3.8, 4) is 0 Å². The number of benzene rings is 2. The fraction of sp³-hybridized carbons (Fsp3) is 0.333. The number of hydrogen-bond donors (Lipinski definition) is 2. The Morgan fingerprint density at radius 1 is 0.967 bits per heavy atom. The molecule has 1 fully saturated rings. The van der Waals surface area contributed by atoms with Crippen LogP contribution in [0.4, 0.5) is 17.1 Å². The van der Waals surface area contributed by atoms with E-state index in [1.165, 1.54) is 22.5 Å². The Kier molecular flexibility index (Phi) is 5.25. The second-order valence-electron chi connectivity index (χ2n) is 7.72. The first kappa shape index (κ1) is 20.4. The Balaban J connectivity index is 1.56. The van der Waals surface area contributed by atoms with Gasteiger partial charge in [-0.15, -0.1) is 0 Å². The summed E-state index contributed by atoms with van der Waals surface area (Å²) in [6.45, 7) is 5.35. The number of carbonyl (C=O) groups excluding carboxylic acids is 2. The summed E-state index contributed by atoms with van der Waals surface area (Å²) in [5.41, 5.74) is 2.93. The summed E-state index contributed by atoms with van der Waals surface area (Å²) in [5.74, 6) is -0.899. The molecule has 30 heavy (non-hydrogen) atoms. The van der Waals surface area contributed by atoms with Crippen LogP contribution in [0.1, 0.15) is 18.9 Å². The molecule has 158 valence electrons. The SMILES string of the molecule is Cc1cccc(N2CCN(S(=O)(=O)c3ccc4c(c3)NC(=O)CC(=O)N4)CC2C)c1. The molecule has 0 aromatic heterocycles. The highest BCUT2D eigenvalue weighted by Crippen LogP contribution is 2.30. The number of anilines is 3. The largest absolute Gasteiger partial charge is 0.366 e. The number of nitrogens with one attached hydrogen (secondary N) is 2. The van der Waals surface area contributed by atoms with E-state index in [0.29, 0.717) is 31.0 Å². The summed E-state index contributed by atoms with van der Waals surface area (Å²) in [4.78, 5) is 25.8.